The number of pyridine rings is 2. The van der Waals surface area contributed by atoms with Crippen molar-refractivity contribution in [3.63, 3.8) is 0 Å². The van der Waals surface area contributed by atoms with Gasteiger partial charge in [0.1, 0.15) is 17.8 Å². The average molecular weight is 585 g/mol. The summed E-state index contributed by atoms with van der Waals surface area (Å²) in [5, 5.41) is 0.630. The molecule has 8 nitrogen and oxygen atoms in total. The fourth-order valence-electron chi connectivity index (χ4n) is 5.14. The molecule has 0 radical (unpaired) electrons. The molecule has 0 bridgehead atoms. The molecule has 0 atom stereocenters. The van der Waals surface area contributed by atoms with Crippen LogP contribution < -0.4 is 5.46 Å². The van der Waals surface area contributed by atoms with Gasteiger partial charge in [0.2, 0.25) is 0 Å². The van der Waals surface area contributed by atoms with Gasteiger partial charge in [-0.15, -0.1) is 0 Å². The Morgan fingerprint density at radius 1 is 0.643 bits per heavy atom. The molecule has 0 saturated carbocycles. The highest BCUT2D eigenvalue weighted by Gasteiger charge is 2.51. The number of rotatable bonds is 2. The van der Waals surface area contributed by atoms with Crippen LogP contribution in [0.2, 0.25) is 5.15 Å². The summed E-state index contributed by atoms with van der Waals surface area (Å²) in [7, 11) is -0.365. The summed E-state index contributed by atoms with van der Waals surface area (Å²) < 4.78 is 11.7. The predicted molar refractivity (Wildman–Crippen MR) is 166 cm³/mol. The van der Waals surface area contributed by atoms with Gasteiger partial charge in [-0.2, -0.15) is 0 Å². The molecule has 0 aromatic carbocycles. The van der Waals surface area contributed by atoms with E-state index in [2.05, 4.69) is 43.1 Å². The molecule has 42 heavy (non-hydrogen) atoms. The summed E-state index contributed by atoms with van der Waals surface area (Å²) in [6, 6.07) is 8.25. The zero-order valence-corrected chi connectivity index (χ0v) is 25.6. The Morgan fingerprint density at radius 3 is 1.74 bits per heavy atom. The maximum absolute atomic E-state index is 5.85. The molecule has 1 aliphatic heterocycles. The van der Waals surface area contributed by atoms with Gasteiger partial charge < -0.3 is 9.31 Å². The van der Waals surface area contributed by atoms with E-state index < -0.39 is 0 Å². The van der Waals surface area contributed by atoms with Crippen molar-refractivity contribution in [2.24, 2.45) is 0 Å². The zero-order valence-electron chi connectivity index (χ0n) is 24.9. The second-order valence-electron chi connectivity index (χ2n) is 11.8. The molecule has 0 N–H and O–H groups in total. The molecule has 2 aliphatic carbocycles. The van der Waals surface area contributed by atoms with Gasteiger partial charge in [0.15, 0.2) is 0 Å². The Bertz CT molecular complexity index is 1460. The van der Waals surface area contributed by atoms with Crippen LogP contribution >= 0.6 is 11.6 Å². The van der Waals surface area contributed by atoms with Gasteiger partial charge in [-0.3, -0.25) is 4.98 Å². The minimum Gasteiger partial charge on any atom is -0.399 e. The van der Waals surface area contributed by atoms with Gasteiger partial charge in [-0.1, -0.05) is 23.7 Å². The predicted octanol–water partition coefficient (Wildman–Crippen LogP) is 5.81. The van der Waals surface area contributed by atoms with Crippen molar-refractivity contribution in [3.05, 3.63) is 89.4 Å². The summed E-state index contributed by atoms with van der Waals surface area (Å²) in [6.45, 7) is 8.10. The second kappa shape index (κ2) is 13.4. The summed E-state index contributed by atoms with van der Waals surface area (Å²) in [4.78, 5) is 24.9. The number of aryl methyl sites for hydroxylation is 4. The van der Waals surface area contributed by atoms with E-state index in [1.54, 1.807) is 18.7 Å². The number of hydrogen-bond acceptors (Lipinski definition) is 8. The van der Waals surface area contributed by atoms with Crippen molar-refractivity contribution < 1.29 is 9.31 Å². The fraction of sp³-hybridized carbons (Fsp3) is 0.438. The molecule has 7 rings (SSSR count). The van der Waals surface area contributed by atoms with Crippen molar-refractivity contribution >= 4 is 24.2 Å². The molecule has 0 amide bonds. The molecule has 218 valence electrons. The van der Waals surface area contributed by atoms with E-state index in [4.69, 9.17) is 25.9 Å². The van der Waals surface area contributed by atoms with Crippen molar-refractivity contribution in [2.45, 2.75) is 90.3 Å². The summed E-state index contributed by atoms with van der Waals surface area (Å²) >= 11 is 5.77. The lowest BCUT2D eigenvalue weighted by atomic mass is 9.81. The minimum atomic E-state index is -0.365. The van der Waals surface area contributed by atoms with Gasteiger partial charge in [0.25, 0.3) is 0 Å². The van der Waals surface area contributed by atoms with Gasteiger partial charge in [0, 0.05) is 47.2 Å². The van der Waals surface area contributed by atoms with Crippen LogP contribution in [0, 0.1) is 0 Å². The molecule has 10 heteroatoms. The number of hydrogen-bond donors (Lipinski definition) is 0. The van der Waals surface area contributed by atoms with Crippen LogP contribution in [-0.4, -0.2) is 48.2 Å². The first-order chi connectivity index (χ1) is 20.2. The average Bonchev–Trinajstić information content (AvgIpc) is 3.24. The topological polar surface area (TPSA) is 95.8 Å². The Morgan fingerprint density at radius 2 is 1.14 bits per heavy atom. The van der Waals surface area contributed by atoms with E-state index >= 15 is 0 Å². The maximum Gasteiger partial charge on any atom is 0.498 e. The molecular weight excluding hydrogens is 547 g/mol. The Labute approximate surface area is 253 Å². The normalized spacial score (nSPS) is 18.0. The molecule has 1 saturated heterocycles. The van der Waals surface area contributed by atoms with E-state index in [0.29, 0.717) is 5.15 Å². The highest BCUT2D eigenvalue weighted by atomic mass is 35.5. The first-order valence-corrected chi connectivity index (χ1v) is 15.1. The Kier molecular flexibility index (Phi) is 9.61. The van der Waals surface area contributed by atoms with Crippen LogP contribution in [0.3, 0.4) is 0 Å². The highest BCUT2D eigenvalue weighted by Crippen LogP contribution is 2.36. The third-order valence-corrected chi connectivity index (χ3v) is 8.50. The largest absolute Gasteiger partial charge is 0.498 e. The fourth-order valence-corrected chi connectivity index (χ4v) is 5.31. The van der Waals surface area contributed by atoms with Crippen LogP contribution in [0.25, 0.3) is 11.3 Å². The van der Waals surface area contributed by atoms with Crippen molar-refractivity contribution in [1.29, 1.82) is 0 Å². The molecule has 3 aliphatic rings. The van der Waals surface area contributed by atoms with E-state index in [-0.39, 0.29) is 18.3 Å². The number of halogens is 1. The summed E-state index contributed by atoms with van der Waals surface area (Å²) in [5.74, 6) is 0. The van der Waals surface area contributed by atoms with Crippen molar-refractivity contribution in [3.8, 4) is 11.3 Å². The molecule has 5 heterocycles. The summed E-state index contributed by atoms with van der Waals surface area (Å²) in [5.41, 5.74) is 7.48. The van der Waals surface area contributed by atoms with E-state index in [0.717, 1.165) is 29.6 Å². The quantitative estimate of drug-likeness (QED) is 0.215. The lowest BCUT2D eigenvalue weighted by molar-refractivity contribution is 0.00578. The van der Waals surface area contributed by atoms with Gasteiger partial charge in [-0.25, -0.2) is 24.9 Å². The molecule has 0 unspecified atom stereocenters. The Balaban J connectivity index is 0.000000128. The second-order valence-corrected chi connectivity index (χ2v) is 12.2. The van der Waals surface area contributed by atoms with E-state index in [9.17, 15) is 0 Å². The molecular formula is C32H38BClN6O2. The molecule has 0 spiro atoms. The molecule has 4 aromatic rings. The summed E-state index contributed by atoms with van der Waals surface area (Å²) in [6.07, 6.45) is 19.8. The molecule has 1 fully saturated rings. The Hall–Kier alpha value is -3.27. The van der Waals surface area contributed by atoms with Crippen molar-refractivity contribution in [2.75, 3.05) is 0 Å². The van der Waals surface area contributed by atoms with Crippen LogP contribution in [0.1, 0.15) is 75.9 Å². The van der Waals surface area contributed by atoms with Gasteiger partial charge in [-0.05, 0) is 102 Å². The zero-order chi connectivity index (χ0) is 29.6. The SMILES string of the molecule is CC1(C)OB(c2cncnc2)OC1(C)C.Clc1ccc2c(n1)CCCC2.c1ncc(-c2ccc3c(n2)CCCC3)cn1. The smallest absolute Gasteiger partial charge is 0.399 e. The number of nitrogens with zero attached hydrogens (tertiary/aromatic N) is 6. The van der Waals surface area contributed by atoms with E-state index in [1.165, 1.54) is 67.4 Å². The third-order valence-electron chi connectivity index (χ3n) is 8.28. The minimum absolute atomic E-state index is 0.312. The number of fused-ring (bicyclic) bond motifs is 2. The van der Waals surface area contributed by atoms with Crippen LogP contribution in [0.15, 0.2) is 61.7 Å². The standard InChI is InChI=1S/C13H13N3.C10H15BN2O2.C9H10ClN/c1-2-4-12-10(3-1)5-6-13(16-12)11-7-14-9-15-8-11;1-9(2)10(3,4)15-11(14-9)8-5-12-7-13-6-8;10-9-6-5-7-3-1-2-4-8(7)11-9/h5-9H,1-4H2;5-7H,1-4H3;5-6H,1-4H2. The maximum atomic E-state index is 5.85. The number of aromatic nitrogens is 6. The van der Waals surface area contributed by atoms with Crippen LogP contribution in [-0.2, 0) is 35.0 Å². The first-order valence-electron chi connectivity index (χ1n) is 14.7. The monoisotopic (exact) mass is 584 g/mol. The van der Waals surface area contributed by atoms with Gasteiger partial charge in [0.05, 0.1) is 16.9 Å². The lowest BCUT2D eigenvalue weighted by Gasteiger charge is -2.32. The van der Waals surface area contributed by atoms with Crippen molar-refractivity contribution in [1.82, 2.24) is 29.9 Å². The van der Waals surface area contributed by atoms with Crippen LogP contribution in [0.4, 0.5) is 0 Å². The van der Waals surface area contributed by atoms with Gasteiger partial charge >= 0.3 is 7.12 Å². The lowest BCUT2D eigenvalue weighted by Crippen LogP contribution is -2.41. The molecule has 4 aromatic heterocycles. The first kappa shape index (κ1) is 30.2. The highest BCUT2D eigenvalue weighted by molar-refractivity contribution is 6.61. The van der Waals surface area contributed by atoms with Crippen LogP contribution in [0.5, 0.6) is 0 Å². The van der Waals surface area contributed by atoms with E-state index in [1.807, 2.05) is 46.2 Å². The third kappa shape index (κ3) is 7.38.